The average Bonchev–Trinajstić information content (AvgIpc) is 1.41. The molecule has 0 rings (SSSR count). The molecular weight excluding hydrogens is 174 g/mol. The molecule has 0 heterocycles. The molecule has 0 aromatic carbocycles. The molecule has 0 spiro atoms. The Bertz CT molecular complexity index is 33.9. The fourth-order valence-electron chi connectivity index (χ4n) is 0.0630. The second kappa shape index (κ2) is 4.47. The minimum atomic E-state index is -0.350. The van der Waals surface area contributed by atoms with Gasteiger partial charge in [-0.1, -0.05) is 0 Å². The molecule has 0 unspecified atom stereocenters. The average molecular weight is 179 g/mol. The zero-order chi connectivity index (χ0) is 4.12. The number of hydrogen-bond donors (Lipinski definition) is 0. The van der Waals surface area contributed by atoms with Crippen molar-refractivity contribution in [1.29, 1.82) is 0 Å². The van der Waals surface area contributed by atoms with Gasteiger partial charge in [0.05, 0.1) is 0 Å². The normalized spacial score (nSPS) is 10.0. The van der Waals surface area contributed by atoms with Crippen LogP contribution in [0.25, 0.3) is 0 Å². The van der Waals surface area contributed by atoms with Crippen LogP contribution in [0, 0.1) is 0 Å². The van der Waals surface area contributed by atoms with E-state index in [1.54, 1.807) is 4.09 Å². The molecule has 0 aliphatic carbocycles. The van der Waals surface area contributed by atoms with Gasteiger partial charge in [0, 0.05) is 0 Å². The van der Waals surface area contributed by atoms with E-state index in [0.29, 0.717) is 6.33 Å². The van der Waals surface area contributed by atoms with Crippen LogP contribution < -0.4 is 0 Å². The van der Waals surface area contributed by atoms with Crippen LogP contribution in [0.3, 0.4) is 0 Å². The van der Waals surface area contributed by atoms with E-state index in [1.165, 1.54) is 0 Å². The zero-order valence-corrected chi connectivity index (χ0v) is 5.89. The molecule has 2 heteroatoms. The van der Waals surface area contributed by atoms with Crippen LogP contribution in [-0.4, -0.2) is 21.1 Å². The van der Waals surface area contributed by atoms with Gasteiger partial charge in [0.15, 0.2) is 0 Å². The zero-order valence-electron chi connectivity index (χ0n) is 3.03. The van der Waals surface area contributed by atoms with E-state index < -0.39 is 0 Å². The van der Waals surface area contributed by atoms with Crippen molar-refractivity contribution in [2.24, 2.45) is 0 Å². The van der Waals surface area contributed by atoms with Gasteiger partial charge in [-0.15, -0.1) is 0 Å². The fraction of sp³-hybridized carbons (Fsp3) is 0.333. The van der Waals surface area contributed by atoms with Gasteiger partial charge in [-0.2, -0.15) is 0 Å². The summed E-state index contributed by atoms with van der Waals surface area (Å²) in [5, 5.41) is 0. The molecule has 28 valence electrons. The van der Waals surface area contributed by atoms with Gasteiger partial charge in [0.25, 0.3) is 0 Å². The van der Waals surface area contributed by atoms with Crippen LogP contribution >= 0.6 is 0 Å². The van der Waals surface area contributed by atoms with Crippen molar-refractivity contribution in [3.05, 3.63) is 10.4 Å². The first kappa shape index (κ1) is 5.47. The van der Waals surface area contributed by atoms with Gasteiger partial charge in [0.1, 0.15) is 0 Å². The van der Waals surface area contributed by atoms with Crippen LogP contribution in [-0.2, 0) is 0 Å². The second-order valence-electron chi connectivity index (χ2n) is 0.581. The summed E-state index contributed by atoms with van der Waals surface area (Å²) >= 11 is -0.350. The Labute approximate surface area is 41.3 Å². The van der Waals surface area contributed by atoms with E-state index in [-0.39, 0.29) is 21.1 Å². The Morgan fingerprint density at radius 1 is 1.80 bits per heavy atom. The third-order valence-electron chi connectivity index (χ3n) is 0.230. The van der Waals surface area contributed by atoms with E-state index in [9.17, 15) is 4.39 Å². The predicted octanol–water partition coefficient (Wildman–Crippen LogP) is 1.18. The Morgan fingerprint density at radius 2 is 2.40 bits per heavy atom. The molecule has 2 radical (unpaired) electrons. The molecule has 0 saturated heterocycles. The van der Waals surface area contributed by atoms with E-state index in [1.807, 2.05) is 0 Å². The summed E-state index contributed by atoms with van der Waals surface area (Å²) in [6.45, 7) is 0. The molecule has 0 N–H and O–H groups in total. The first-order valence-electron chi connectivity index (χ1n) is 1.34. The molecule has 0 aromatic heterocycles. The molecule has 0 nitrogen and oxygen atoms in total. The van der Waals surface area contributed by atoms with Crippen molar-refractivity contribution in [1.82, 2.24) is 0 Å². The summed E-state index contributed by atoms with van der Waals surface area (Å²) in [7, 11) is 0. The van der Waals surface area contributed by atoms with Crippen molar-refractivity contribution in [2.45, 2.75) is 4.94 Å². The first-order valence-corrected chi connectivity index (χ1v) is 5.84. The van der Waals surface area contributed by atoms with Gasteiger partial charge in [0.2, 0.25) is 0 Å². The molecule has 0 aliphatic rings. The molecule has 0 amide bonds. The Morgan fingerprint density at radius 3 is 2.40 bits per heavy atom. The summed E-state index contributed by atoms with van der Waals surface area (Å²) in [5.74, 6) is 0. The van der Waals surface area contributed by atoms with Crippen LogP contribution in [0.15, 0.2) is 10.4 Å². The number of hydrogen-bond acceptors (Lipinski definition) is 0. The summed E-state index contributed by atoms with van der Waals surface area (Å²) < 4.78 is 12.5. The predicted molar refractivity (Wildman–Crippen MR) is 21.9 cm³/mol. The van der Waals surface area contributed by atoms with Gasteiger partial charge >= 0.3 is 40.9 Å². The SMILES string of the molecule is [CH3][Sn][CH]=CF. The van der Waals surface area contributed by atoms with Crippen LogP contribution in [0.5, 0.6) is 0 Å². The van der Waals surface area contributed by atoms with Crippen molar-refractivity contribution >= 4 is 21.1 Å². The maximum absolute atomic E-state index is 10.9. The van der Waals surface area contributed by atoms with E-state index in [4.69, 9.17) is 0 Å². The monoisotopic (exact) mass is 180 g/mol. The number of rotatable bonds is 1. The Balaban J connectivity index is 2.62. The first-order chi connectivity index (χ1) is 2.41. The molecule has 0 aliphatic heterocycles. The van der Waals surface area contributed by atoms with Crippen molar-refractivity contribution in [3.63, 3.8) is 0 Å². The van der Waals surface area contributed by atoms with Gasteiger partial charge in [-0.3, -0.25) is 0 Å². The maximum atomic E-state index is 10.9. The van der Waals surface area contributed by atoms with Crippen LogP contribution in [0.1, 0.15) is 0 Å². The third kappa shape index (κ3) is 4.47. The Hall–Kier alpha value is 0.469. The quantitative estimate of drug-likeness (QED) is 0.530. The summed E-state index contributed by atoms with van der Waals surface area (Å²) in [4.78, 5) is 2.06. The third-order valence-corrected chi connectivity index (χ3v) is 1.54. The Kier molecular flexibility index (Phi) is 4.89. The standard InChI is InChI=1S/C2H2F.CH3.Sn/c1-2-3;;/h1-2H;1H3;. The van der Waals surface area contributed by atoms with E-state index in [0.717, 1.165) is 0 Å². The van der Waals surface area contributed by atoms with E-state index in [2.05, 4.69) is 4.94 Å². The summed E-state index contributed by atoms with van der Waals surface area (Å²) in [5.41, 5.74) is 0. The topological polar surface area (TPSA) is 0 Å². The molecule has 0 saturated carbocycles. The van der Waals surface area contributed by atoms with Crippen molar-refractivity contribution < 1.29 is 4.39 Å². The molecular formula is C3H5FSn. The van der Waals surface area contributed by atoms with Crippen LogP contribution in [0.4, 0.5) is 4.39 Å². The van der Waals surface area contributed by atoms with Gasteiger partial charge < -0.3 is 0 Å². The molecule has 0 aromatic rings. The number of halogens is 1. The minimum absolute atomic E-state index is 0.350. The molecule has 5 heavy (non-hydrogen) atoms. The summed E-state index contributed by atoms with van der Waals surface area (Å²) in [6.07, 6.45) is 0.631. The van der Waals surface area contributed by atoms with E-state index >= 15 is 0 Å². The molecule has 0 atom stereocenters. The second-order valence-corrected chi connectivity index (χ2v) is 3.18. The van der Waals surface area contributed by atoms with Crippen LogP contribution in [0.2, 0.25) is 4.94 Å². The van der Waals surface area contributed by atoms with Gasteiger partial charge in [-0.05, 0) is 0 Å². The molecule has 0 fully saturated rings. The van der Waals surface area contributed by atoms with Gasteiger partial charge in [-0.25, -0.2) is 0 Å². The van der Waals surface area contributed by atoms with Crippen molar-refractivity contribution in [2.75, 3.05) is 0 Å². The summed E-state index contributed by atoms with van der Waals surface area (Å²) in [6, 6.07) is 0. The fourth-order valence-corrected chi connectivity index (χ4v) is 0.423. The van der Waals surface area contributed by atoms with Crippen molar-refractivity contribution in [3.8, 4) is 0 Å². The molecule has 0 bridgehead atoms.